The van der Waals surface area contributed by atoms with Crippen LogP contribution in [0.15, 0.2) is 36.4 Å². The van der Waals surface area contributed by atoms with E-state index in [1.54, 1.807) is 0 Å². The number of benzene rings is 1. The first kappa shape index (κ1) is 11.9. The average molecular weight is 226 g/mol. The Morgan fingerprint density at radius 3 is 2.53 bits per heavy atom. The van der Waals surface area contributed by atoms with Gasteiger partial charge in [0.05, 0.1) is 12.9 Å². The van der Waals surface area contributed by atoms with E-state index < -0.39 is 10.1 Å². The highest BCUT2D eigenvalue weighted by atomic mass is 32.2. The molecule has 0 amide bonds. The summed E-state index contributed by atoms with van der Waals surface area (Å²) in [5, 5.41) is 0. The van der Waals surface area contributed by atoms with E-state index >= 15 is 0 Å². The highest BCUT2D eigenvalue weighted by Crippen LogP contribution is 2.02. The molecule has 0 aromatic heterocycles. The molecule has 0 heterocycles. The average Bonchev–Trinajstić information content (AvgIpc) is 2.17. The van der Waals surface area contributed by atoms with Gasteiger partial charge in [-0.05, 0) is 12.0 Å². The maximum atomic E-state index is 10.6. The molecule has 4 heteroatoms. The molecule has 1 aromatic rings. The summed E-state index contributed by atoms with van der Waals surface area (Å²) in [6, 6.07) is 9.81. The maximum Gasteiger partial charge on any atom is 0.264 e. The summed E-state index contributed by atoms with van der Waals surface area (Å²) in [7, 11) is -3.30. The Kier molecular flexibility index (Phi) is 4.52. The molecular formula is C11H14O3S. The SMILES string of the molecule is CS(=O)(=O)OCCC=Cc1ccccc1. The van der Waals surface area contributed by atoms with Gasteiger partial charge in [0.1, 0.15) is 0 Å². The van der Waals surface area contributed by atoms with Crippen molar-refractivity contribution >= 4 is 16.2 Å². The first-order valence-corrected chi connectivity index (χ1v) is 6.45. The quantitative estimate of drug-likeness (QED) is 0.570. The number of rotatable bonds is 5. The van der Waals surface area contributed by atoms with E-state index in [0.29, 0.717) is 6.42 Å². The molecule has 0 radical (unpaired) electrons. The Balaban J connectivity index is 2.30. The van der Waals surface area contributed by atoms with Gasteiger partial charge in [-0.25, -0.2) is 0 Å². The van der Waals surface area contributed by atoms with Gasteiger partial charge in [-0.3, -0.25) is 4.18 Å². The topological polar surface area (TPSA) is 43.4 Å². The second-order valence-corrected chi connectivity index (χ2v) is 4.77. The van der Waals surface area contributed by atoms with Gasteiger partial charge < -0.3 is 0 Å². The van der Waals surface area contributed by atoms with E-state index in [2.05, 4.69) is 4.18 Å². The van der Waals surface area contributed by atoms with Crippen molar-refractivity contribution in [3.05, 3.63) is 42.0 Å². The highest BCUT2D eigenvalue weighted by molar-refractivity contribution is 7.85. The minimum Gasteiger partial charge on any atom is -0.270 e. The zero-order chi connectivity index (χ0) is 11.1. The normalized spacial score (nSPS) is 12.1. The first-order chi connectivity index (χ1) is 7.08. The number of hydrogen-bond donors (Lipinski definition) is 0. The fourth-order valence-corrected chi connectivity index (χ4v) is 1.45. The molecule has 0 N–H and O–H groups in total. The molecule has 15 heavy (non-hydrogen) atoms. The van der Waals surface area contributed by atoms with Gasteiger partial charge in [0.25, 0.3) is 10.1 Å². The fraction of sp³-hybridized carbons (Fsp3) is 0.273. The van der Waals surface area contributed by atoms with E-state index in [0.717, 1.165) is 11.8 Å². The smallest absolute Gasteiger partial charge is 0.264 e. The van der Waals surface area contributed by atoms with Gasteiger partial charge in [-0.15, -0.1) is 0 Å². The Labute approximate surface area is 90.5 Å². The van der Waals surface area contributed by atoms with Crippen molar-refractivity contribution < 1.29 is 12.6 Å². The van der Waals surface area contributed by atoms with Crippen LogP contribution < -0.4 is 0 Å². The molecule has 3 nitrogen and oxygen atoms in total. The van der Waals surface area contributed by atoms with Crippen LogP contribution in [0.2, 0.25) is 0 Å². The van der Waals surface area contributed by atoms with Crippen LogP contribution in [-0.2, 0) is 14.3 Å². The lowest BCUT2D eigenvalue weighted by atomic mass is 10.2. The third-order valence-electron chi connectivity index (χ3n) is 1.69. The molecule has 0 atom stereocenters. The molecule has 0 aliphatic rings. The summed E-state index contributed by atoms with van der Waals surface area (Å²) >= 11 is 0. The van der Waals surface area contributed by atoms with Gasteiger partial charge in [0.2, 0.25) is 0 Å². The molecule has 0 spiro atoms. The van der Waals surface area contributed by atoms with Gasteiger partial charge in [0, 0.05) is 0 Å². The predicted octanol–water partition coefficient (Wildman–Crippen LogP) is 2.07. The van der Waals surface area contributed by atoms with E-state index in [-0.39, 0.29) is 6.61 Å². The lowest BCUT2D eigenvalue weighted by Gasteiger charge is -1.96. The van der Waals surface area contributed by atoms with Gasteiger partial charge in [0.15, 0.2) is 0 Å². The summed E-state index contributed by atoms with van der Waals surface area (Å²) in [5.74, 6) is 0. The van der Waals surface area contributed by atoms with Crippen LogP contribution in [0.25, 0.3) is 6.08 Å². The molecule has 0 saturated carbocycles. The summed E-state index contributed by atoms with van der Waals surface area (Å²) in [6.45, 7) is 0.197. The third-order valence-corrected chi connectivity index (χ3v) is 2.29. The van der Waals surface area contributed by atoms with E-state index in [9.17, 15) is 8.42 Å². The van der Waals surface area contributed by atoms with E-state index in [1.165, 1.54) is 0 Å². The predicted molar refractivity (Wildman–Crippen MR) is 60.9 cm³/mol. The lowest BCUT2D eigenvalue weighted by molar-refractivity contribution is 0.329. The summed E-state index contributed by atoms with van der Waals surface area (Å²) in [6.07, 6.45) is 5.46. The fourth-order valence-electron chi connectivity index (χ4n) is 1.05. The van der Waals surface area contributed by atoms with Crippen molar-refractivity contribution in [1.82, 2.24) is 0 Å². The second-order valence-electron chi connectivity index (χ2n) is 3.13. The molecular weight excluding hydrogens is 212 g/mol. The van der Waals surface area contributed by atoms with Crippen LogP contribution >= 0.6 is 0 Å². The lowest BCUT2D eigenvalue weighted by Crippen LogP contribution is -2.02. The van der Waals surface area contributed by atoms with E-state index in [4.69, 9.17) is 0 Å². The van der Waals surface area contributed by atoms with Gasteiger partial charge in [-0.2, -0.15) is 8.42 Å². The molecule has 82 valence electrons. The van der Waals surface area contributed by atoms with Gasteiger partial charge in [-0.1, -0.05) is 42.5 Å². The maximum absolute atomic E-state index is 10.6. The zero-order valence-electron chi connectivity index (χ0n) is 8.59. The molecule has 0 unspecified atom stereocenters. The van der Waals surface area contributed by atoms with E-state index in [1.807, 2.05) is 42.5 Å². The second kappa shape index (κ2) is 5.68. The Morgan fingerprint density at radius 2 is 1.93 bits per heavy atom. The number of hydrogen-bond acceptors (Lipinski definition) is 3. The van der Waals surface area contributed by atoms with Crippen molar-refractivity contribution in [2.75, 3.05) is 12.9 Å². The minimum atomic E-state index is -3.30. The Morgan fingerprint density at radius 1 is 1.27 bits per heavy atom. The van der Waals surface area contributed by atoms with Crippen LogP contribution in [0, 0.1) is 0 Å². The molecule has 1 rings (SSSR count). The van der Waals surface area contributed by atoms with Crippen LogP contribution in [0.1, 0.15) is 12.0 Å². The standard InChI is InChI=1S/C11H14O3S/c1-15(12,13)14-10-6-5-9-11-7-3-2-4-8-11/h2-5,7-9H,6,10H2,1H3. The minimum absolute atomic E-state index is 0.197. The largest absolute Gasteiger partial charge is 0.270 e. The molecule has 0 fully saturated rings. The molecule has 0 aliphatic carbocycles. The van der Waals surface area contributed by atoms with Gasteiger partial charge >= 0.3 is 0 Å². The van der Waals surface area contributed by atoms with Crippen molar-refractivity contribution in [2.24, 2.45) is 0 Å². The summed E-state index contributed by atoms with van der Waals surface area (Å²) in [4.78, 5) is 0. The monoisotopic (exact) mass is 226 g/mol. The summed E-state index contributed by atoms with van der Waals surface area (Å²) < 4.78 is 25.8. The highest BCUT2D eigenvalue weighted by Gasteiger charge is 1.98. The molecule has 0 bridgehead atoms. The Hall–Kier alpha value is -1.13. The van der Waals surface area contributed by atoms with Crippen LogP contribution in [-0.4, -0.2) is 21.3 Å². The van der Waals surface area contributed by atoms with Crippen LogP contribution in [0.5, 0.6) is 0 Å². The zero-order valence-corrected chi connectivity index (χ0v) is 9.41. The van der Waals surface area contributed by atoms with Crippen LogP contribution in [0.3, 0.4) is 0 Å². The molecule has 0 saturated heterocycles. The van der Waals surface area contributed by atoms with Crippen molar-refractivity contribution in [1.29, 1.82) is 0 Å². The third kappa shape index (κ3) is 6.04. The van der Waals surface area contributed by atoms with Crippen molar-refractivity contribution in [3.8, 4) is 0 Å². The summed E-state index contributed by atoms with van der Waals surface area (Å²) in [5.41, 5.74) is 1.09. The molecule has 0 aliphatic heterocycles. The molecule has 1 aromatic carbocycles. The Bertz CT molecular complexity index is 407. The first-order valence-electron chi connectivity index (χ1n) is 4.64. The van der Waals surface area contributed by atoms with Crippen molar-refractivity contribution in [2.45, 2.75) is 6.42 Å². The van der Waals surface area contributed by atoms with Crippen LogP contribution in [0.4, 0.5) is 0 Å². The van der Waals surface area contributed by atoms with Crippen molar-refractivity contribution in [3.63, 3.8) is 0 Å².